The Balaban J connectivity index is 1.24. The van der Waals surface area contributed by atoms with Crippen LogP contribution in [-0.2, 0) is 0 Å². The molecule has 0 amide bonds. The number of anilines is 3. The van der Waals surface area contributed by atoms with Gasteiger partial charge in [0.2, 0.25) is 0 Å². The maximum atomic E-state index is 2.44. The Morgan fingerprint density at radius 1 is 0.353 bits per heavy atom. The molecule has 2 heteroatoms. The van der Waals surface area contributed by atoms with Crippen LogP contribution in [-0.4, -0.2) is 4.57 Å². The highest BCUT2D eigenvalue weighted by molar-refractivity contribution is 6.11. The van der Waals surface area contributed by atoms with Gasteiger partial charge in [-0.1, -0.05) is 157 Å². The fourth-order valence-corrected chi connectivity index (χ4v) is 7.32. The van der Waals surface area contributed by atoms with Crippen LogP contribution < -0.4 is 4.90 Å². The molecule has 1 aromatic heterocycles. The monoisotopic (exact) mass is 652 g/mol. The summed E-state index contributed by atoms with van der Waals surface area (Å²) in [4.78, 5) is 2.37. The van der Waals surface area contributed by atoms with Gasteiger partial charge in [-0.05, 0) is 83.3 Å². The molecule has 0 N–H and O–H groups in total. The van der Waals surface area contributed by atoms with Gasteiger partial charge < -0.3 is 9.47 Å². The number of fused-ring (bicyclic) bond motifs is 3. The van der Waals surface area contributed by atoms with Gasteiger partial charge in [0.1, 0.15) is 0 Å². The number of aryl methyl sites for hydroxylation is 1. The summed E-state index contributed by atoms with van der Waals surface area (Å²) in [7, 11) is 0. The molecule has 0 fully saturated rings. The van der Waals surface area contributed by atoms with Crippen molar-refractivity contribution in [3.63, 3.8) is 0 Å². The lowest BCUT2D eigenvalue weighted by atomic mass is 10.0. The van der Waals surface area contributed by atoms with Crippen LogP contribution in [0.2, 0.25) is 0 Å². The predicted octanol–water partition coefficient (Wildman–Crippen LogP) is 13.6. The standard InChI is InChI=1S/C49H36N2/c1-35-20-22-40(23-21-35)44-16-8-10-18-47(44)51-48-19-11-9-17-45(48)46-33-32-43(34-49(46)51)50(41-28-24-38(25-29-41)36-12-4-2-5-13-36)42-30-26-39(27-31-42)37-14-6-3-7-15-37/h2-34H,1H3. The zero-order valence-electron chi connectivity index (χ0n) is 28.4. The zero-order valence-corrected chi connectivity index (χ0v) is 28.4. The van der Waals surface area contributed by atoms with Gasteiger partial charge in [-0.3, -0.25) is 0 Å². The van der Waals surface area contributed by atoms with E-state index in [9.17, 15) is 0 Å². The molecule has 51 heavy (non-hydrogen) atoms. The molecule has 0 aliphatic rings. The molecule has 8 aromatic carbocycles. The quantitative estimate of drug-likeness (QED) is 0.166. The van der Waals surface area contributed by atoms with E-state index in [1.165, 1.54) is 60.8 Å². The second-order valence-corrected chi connectivity index (χ2v) is 13.1. The number of benzene rings is 8. The second kappa shape index (κ2) is 13.0. The van der Waals surface area contributed by atoms with E-state index < -0.39 is 0 Å². The van der Waals surface area contributed by atoms with E-state index in [0.717, 1.165) is 22.7 Å². The number of para-hydroxylation sites is 2. The summed E-state index contributed by atoms with van der Waals surface area (Å²) in [6.45, 7) is 2.14. The Hall–Kier alpha value is -6.64. The minimum atomic E-state index is 1.10. The summed E-state index contributed by atoms with van der Waals surface area (Å²) in [5.74, 6) is 0. The first-order valence-corrected chi connectivity index (χ1v) is 17.5. The summed E-state index contributed by atoms with van der Waals surface area (Å²) in [6.07, 6.45) is 0. The van der Waals surface area contributed by atoms with Gasteiger partial charge in [-0.15, -0.1) is 0 Å². The Bertz CT molecular complexity index is 2520. The number of hydrogen-bond acceptors (Lipinski definition) is 1. The van der Waals surface area contributed by atoms with E-state index in [-0.39, 0.29) is 0 Å². The third-order valence-corrected chi connectivity index (χ3v) is 9.89. The minimum absolute atomic E-state index is 1.10. The van der Waals surface area contributed by atoms with Crippen LogP contribution in [0.1, 0.15) is 5.56 Å². The van der Waals surface area contributed by atoms with Gasteiger partial charge in [-0.2, -0.15) is 0 Å². The molecule has 0 saturated heterocycles. The zero-order chi connectivity index (χ0) is 34.1. The Morgan fingerprint density at radius 3 is 1.45 bits per heavy atom. The topological polar surface area (TPSA) is 8.17 Å². The van der Waals surface area contributed by atoms with Crippen molar-refractivity contribution in [3.05, 3.63) is 206 Å². The van der Waals surface area contributed by atoms with Crippen molar-refractivity contribution in [3.8, 4) is 39.1 Å². The molecule has 242 valence electrons. The minimum Gasteiger partial charge on any atom is -0.310 e. The predicted molar refractivity (Wildman–Crippen MR) is 217 cm³/mol. The molecule has 9 rings (SSSR count). The average Bonchev–Trinajstić information content (AvgIpc) is 3.53. The molecule has 0 spiro atoms. The van der Waals surface area contributed by atoms with Crippen LogP contribution in [0, 0.1) is 6.92 Å². The van der Waals surface area contributed by atoms with Crippen molar-refractivity contribution in [1.29, 1.82) is 0 Å². The molecule has 0 aliphatic carbocycles. The lowest BCUT2D eigenvalue weighted by molar-refractivity contribution is 1.18. The van der Waals surface area contributed by atoms with E-state index in [4.69, 9.17) is 0 Å². The molecular weight excluding hydrogens is 617 g/mol. The molecule has 0 saturated carbocycles. The first kappa shape index (κ1) is 30.4. The van der Waals surface area contributed by atoms with Gasteiger partial charge in [0, 0.05) is 33.4 Å². The van der Waals surface area contributed by atoms with Crippen molar-refractivity contribution >= 4 is 38.9 Å². The molecule has 2 nitrogen and oxygen atoms in total. The summed E-state index contributed by atoms with van der Waals surface area (Å²) in [6, 6.07) is 72.3. The van der Waals surface area contributed by atoms with Crippen LogP contribution in [0.4, 0.5) is 17.1 Å². The van der Waals surface area contributed by atoms with E-state index in [2.05, 4.69) is 217 Å². The first-order valence-electron chi connectivity index (χ1n) is 17.5. The molecule has 1 heterocycles. The van der Waals surface area contributed by atoms with Crippen LogP contribution in [0.15, 0.2) is 200 Å². The van der Waals surface area contributed by atoms with E-state index in [0.29, 0.717) is 0 Å². The van der Waals surface area contributed by atoms with Crippen molar-refractivity contribution in [2.45, 2.75) is 6.92 Å². The highest BCUT2D eigenvalue weighted by Crippen LogP contribution is 2.42. The Morgan fingerprint density at radius 2 is 0.824 bits per heavy atom. The molecule has 0 aliphatic heterocycles. The molecule has 0 bridgehead atoms. The maximum Gasteiger partial charge on any atom is 0.0562 e. The average molecular weight is 653 g/mol. The van der Waals surface area contributed by atoms with Crippen LogP contribution in [0.3, 0.4) is 0 Å². The molecule has 0 unspecified atom stereocenters. The SMILES string of the molecule is Cc1ccc(-c2ccccc2-n2c3ccccc3c3ccc(N(c4ccc(-c5ccccc5)cc4)c4ccc(-c5ccccc5)cc4)cc32)cc1. The maximum absolute atomic E-state index is 2.44. The molecule has 0 atom stereocenters. The number of hydrogen-bond donors (Lipinski definition) is 0. The fourth-order valence-electron chi connectivity index (χ4n) is 7.32. The summed E-state index contributed by atoms with van der Waals surface area (Å²) in [5.41, 5.74) is 15.3. The third-order valence-electron chi connectivity index (χ3n) is 9.89. The van der Waals surface area contributed by atoms with Gasteiger partial charge in [-0.25, -0.2) is 0 Å². The highest BCUT2D eigenvalue weighted by Gasteiger charge is 2.19. The highest BCUT2D eigenvalue weighted by atomic mass is 15.1. The number of rotatable bonds is 7. The Kier molecular flexibility index (Phi) is 7.75. The van der Waals surface area contributed by atoms with Gasteiger partial charge in [0.25, 0.3) is 0 Å². The van der Waals surface area contributed by atoms with E-state index in [1.807, 2.05) is 0 Å². The molecule has 9 aromatic rings. The lowest BCUT2D eigenvalue weighted by Gasteiger charge is -2.26. The fraction of sp³-hybridized carbons (Fsp3) is 0.0204. The van der Waals surface area contributed by atoms with Gasteiger partial charge in [0.15, 0.2) is 0 Å². The van der Waals surface area contributed by atoms with Crippen LogP contribution >= 0.6 is 0 Å². The van der Waals surface area contributed by atoms with Crippen molar-refractivity contribution in [2.75, 3.05) is 4.90 Å². The van der Waals surface area contributed by atoms with Crippen molar-refractivity contribution in [1.82, 2.24) is 4.57 Å². The Labute approximate surface area is 299 Å². The van der Waals surface area contributed by atoms with Gasteiger partial charge >= 0.3 is 0 Å². The van der Waals surface area contributed by atoms with Crippen molar-refractivity contribution in [2.24, 2.45) is 0 Å². The van der Waals surface area contributed by atoms with Crippen molar-refractivity contribution < 1.29 is 0 Å². The second-order valence-electron chi connectivity index (χ2n) is 13.1. The third kappa shape index (κ3) is 5.67. The van der Waals surface area contributed by atoms with Crippen LogP contribution in [0.25, 0.3) is 60.9 Å². The largest absolute Gasteiger partial charge is 0.310 e. The van der Waals surface area contributed by atoms with Gasteiger partial charge in [0.05, 0.1) is 16.7 Å². The summed E-state index contributed by atoms with van der Waals surface area (Å²) < 4.78 is 2.44. The van der Waals surface area contributed by atoms with E-state index in [1.54, 1.807) is 0 Å². The normalized spacial score (nSPS) is 11.2. The summed E-state index contributed by atoms with van der Waals surface area (Å²) in [5, 5.41) is 2.47. The molecule has 0 radical (unpaired) electrons. The smallest absolute Gasteiger partial charge is 0.0562 e. The lowest BCUT2D eigenvalue weighted by Crippen LogP contribution is -2.10. The molecular formula is C49H36N2. The van der Waals surface area contributed by atoms with Crippen LogP contribution in [0.5, 0.6) is 0 Å². The van der Waals surface area contributed by atoms with E-state index >= 15 is 0 Å². The number of aromatic nitrogens is 1. The summed E-state index contributed by atoms with van der Waals surface area (Å²) >= 11 is 0. The first-order chi connectivity index (χ1) is 25.2. The number of nitrogens with zero attached hydrogens (tertiary/aromatic N) is 2.